The third-order valence-corrected chi connectivity index (χ3v) is 3.00. The van der Waals surface area contributed by atoms with E-state index in [1.807, 2.05) is 0 Å². The molecule has 1 amide bonds. The highest BCUT2D eigenvalue weighted by Crippen LogP contribution is 2.08. The molecule has 2 N–H and O–H groups in total. The van der Waals surface area contributed by atoms with E-state index in [-0.39, 0.29) is 5.91 Å². The average Bonchev–Trinajstić information content (AvgIpc) is 2.18. The van der Waals surface area contributed by atoms with Crippen LogP contribution in [0.25, 0.3) is 0 Å². The molecule has 1 fully saturated rings. The van der Waals surface area contributed by atoms with Crippen LogP contribution in [0.15, 0.2) is 0 Å². The fourth-order valence-electron chi connectivity index (χ4n) is 2.10. The molecule has 0 radical (unpaired) electrons. The first kappa shape index (κ1) is 12.5. The van der Waals surface area contributed by atoms with Gasteiger partial charge in [-0.1, -0.05) is 19.8 Å². The molecule has 15 heavy (non-hydrogen) atoms. The topological polar surface area (TPSA) is 41.1 Å². The standard InChI is InChI=1S/C12H24N2O/c1-3-4-5-6-12(15)14-11-7-8-13-10(2)9-11/h10-11,13H,3-9H2,1-2H3,(H,14,15). The Bertz CT molecular complexity index is 194. The van der Waals surface area contributed by atoms with Gasteiger partial charge in [0, 0.05) is 18.5 Å². The van der Waals surface area contributed by atoms with Crippen LogP contribution in [0.4, 0.5) is 0 Å². The van der Waals surface area contributed by atoms with Gasteiger partial charge in [-0.05, 0) is 32.7 Å². The summed E-state index contributed by atoms with van der Waals surface area (Å²) in [5.74, 6) is 0.238. The number of hydrogen-bond donors (Lipinski definition) is 2. The van der Waals surface area contributed by atoms with Crippen molar-refractivity contribution in [3.05, 3.63) is 0 Å². The molecule has 1 rings (SSSR count). The summed E-state index contributed by atoms with van der Waals surface area (Å²) < 4.78 is 0. The Morgan fingerprint density at radius 3 is 2.93 bits per heavy atom. The van der Waals surface area contributed by atoms with E-state index >= 15 is 0 Å². The highest BCUT2D eigenvalue weighted by Gasteiger charge is 2.19. The lowest BCUT2D eigenvalue weighted by atomic mass is 10.0. The van der Waals surface area contributed by atoms with E-state index in [9.17, 15) is 4.79 Å². The molecular weight excluding hydrogens is 188 g/mol. The molecule has 3 heteroatoms. The second-order valence-corrected chi connectivity index (χ2v) is 4.60. The Morgan fingerprint density at radius 1 is 1.47 bits per heavy atom. The van der Waals surface area contributed by atoms with Crippen molar-refractivity contribution in [3.8, 4) is 0 Å². The van der Waals surface area contributed by atoms with Gasteiger partial charge in [0.1, 0.15) is 0 Å². The van der Waals surface area contributed by atoms with Gasteiger partial charge in [-0.3, -0.25) is 4.79 Å². The predicted molar refractivity (Wildman–Crippen MR) is 62.8 cm³/mol. The first-order valence-electron chi connectivity index (χ1n) is 6.25. The van der Waals surface area contributed by atoms with Gasteiger partial charge >= 0.3 is 0 Å². The number of hydrogen-bond acceptors (Lipinski definition) is 2. The molecule has 0 aliphatic carbocycles. The number of carbonyl (C=O) groups is 1. The number of nitrogens with one attached hydrogen (secondary N) is 2. The van der Waals surface area contributed by atoms with Crippen molar-refractivity contribution in [2.24, 2.45) is 0 Å². The van der Waals surface area contributed by atoms with Crippen LogP contribution < -0.4 is 10.6 Å². The van der Waals surface area contributed by atoms with Gasteiger partial charge in [0.15, 0.2) is 0 Å². The lowest BCUT2D eigenvalue weighted by Gasteiger charge is -2.28. The van der Waals surface area contributed by atoms with Gasteiger partial charge in [-0.2, -0.15) is 0 Å². The van der Waals surface area contributed by atoms with Crippen molar-refractivity contribution in [2.45, 2.75) is 64.5 Å². The quantitative estimate of drug-likeness (QED) is 0.683. The largest absolute Gasteiger partial charge is 0.353 e. The van der Waals surface area contributed by atoms with Gasteiger partial charge in [-0.15, -0.1) is 0 Å². The summed E-state index contributed by atoms with van der Waals surface area (Å²) in [6.45, 7) is 5.36. The molecule has 1 saturated heterocycles. The van der Waals surface area contributed by atoms with Crippen molar-refractivity contribution in [1.29, 1.82) is 0 Å². The minimum Gasteiger partial charge on any atom is -0.353 e. The Morgan fingerprint density at radius 2 is 2.27 bits per heavy atom. The molecule has 2 unspecified atom stereocenters. The number of amides is 1. The maximum absolute atomic E-state index is 11.6. The van der Waals surface area contributed by atoms with Crippen molar-refractivity contribution in [2.75, 3.05) is 6.54 Å². The molecule has 0 saturated carbocycles. The number of unbranched alkanes of at least 4 members (excludes halogenated alkanes) is 2. The molecule has 0 aromatic rings. The summed E-state index contributed by atoms with van der Waals surface area (Å²) in [5.41, 5.74) is 0. The molecule has 0 spiro atoms. The van der Waals surface area contributed by atoms with Crippen molar-refractivity contribution in [3.63, 3.8) is 0 Å². The normalized spacial score (nSPS) is 26.3. The van der Waals surface area contributed by atoms with Crippen LogP contribution in [0.3, 0.4) is 0 Å². The monoisotopic (exact) mass is 212 g/mol. The highest BCUT2D eigenvalue weighted by molar-refractivity contribution is 5.76. The van der Waals surface area contributed by atoms with Crippen LogP contribution >= 0.6 is 0 Å². The lowest BCUT2D eigenvalue weighted by molar-refractivity contribution is -0.122. The van der Waals surface area contributed by atoms with E-state index < -0.39 is 0 Å². The third kappa shape index (κ3) is 5.17. The zero-order valence-electron chi connectivity index (χ0n) is 10.0. The maximum atomic E-state index is 11.6. The zero-order chi connectivity index (χ0) is 11.1. The number of piperidine rings is 1. The van der Waals surface area contributed by atoms with E-state index in [1.54, 1.807) is 0 Å². The van der Waals surface area contributed by atoms with E-state index in [0.717, 1.165) is 32.2 Å². The summed E-state index contributed by atoms with van der Waals surface area (Å²) in [5, 5.41) is 6.52. The second kappa shape index (κ2) is 6.83. The fourth-order valence-corrected chi connectivity index (χ4v) is 2.10. The zero-order valence-corrected chi connectivity index (χ0v) is 10.0. The van der Waals surface area contributed by atoms with Crippen molar-refractivity contribution < 1.29 is 4.79 Å². The molecular formula is C12H24N2O. The molecule has 2 atom stereocenters. The van der Waals surface area contributed by atoms with Crippen LogP contribution in [0.1, 0.15) is 52.4 Å². The molecule has 88 valence electrons. The van der Waals surface area contributed by atoms with Crippen molar-refractivity contribution >= 4 is 5.91 Å². The summed E-state index contributed by atoms with van der Waals surface area (Å²) >= 11 is 0. The SMILES string of the molecule is CCCCCC(=O)NC1CCNC(C)C1. The van der Waals surface area contributed by atoms with Crippen molar-refractivity contribution in [1.82, 2.24) is 10.6 Å². The Kier molecular flexibility index (Phi) is 5.69. The molecule has 0 aromatic heterocycles. The van der Waals surface area contributed by atoms with Gasteiger partial charge in [-0.25, -0.2) is 0 Å². The lowest BCUT2D eigenvalue weighted by Crippen LogP contribution is -2.46. The van der Waals surface area contributed by atoms with Crippen LogP contribution in [0, 0.1) is 0 Å². The van der Waals surface area contributed by atoms with Crippen LogP contribution in [0.5, 0.6) is 0 Å². The second-order valence-electron chi connectivity index (χ2n) is 4.60. The van der Waals surface area contributed by atoms with E-state index in [0.29, 0.717) is 18.5 Å². The van der Waals surface area contributed by atoms with Crippen LogP contribution in [0.2, 0.25) is 0 Å². The van der Waals surface area contributed by atoms with Gasteiger partial charge in [0.2, 0.25) is 5.91 Å². The third-order valence-electron chi connectivity index (χ3n) is 3.00. The highest BCUT2D eigenvalue weighted by atomic mass is 16.1. The van der Waals surface area contributed by atoms with E-state index in [1.165, 1.54) is 6.42 Å². The summed E-state index contributed by atoms with van der Waals surface area (Å²) in [4.78, 5) is 11.6. The van der Waals surface area contributed by atoms with E-state index in [2.05, 4.69) is 24.5 Å². The van der Waals surface area contributed by atoms with Gasteiger partial charge < -0.3 is 10.6 Å². The van der Waals surface area contributed by atoms with E-state index in [4.69, 9.17) is 0 Å². The van der Waals surface area contributed by atoms with Crippen LogP contribution in [-0.4, -0.2) is 24.5 Å². The van der Waals surface area contributed by atoms with Gasteiger partial charge in [0.05, 0.1) is 0 Å². The molecule has 1 heterocycles. The average molecular weight is 212 g/mol. The first-order valence-corrected chi connectivity index (χ1v) is 6.25. The molecule has 1 aliphatic heterocycles. The summed E-state index contributed by atoms with van der Waals surface area (Å²) in [7, 11) is 0. The molecule has 3 nitrogen and oxygen atoms in total. The number of carbonyl (C=O) groups excluding carboxylic acids is 1. The molecule has 0 bridgehead atoms. The summed E-state index contributed by atoms with van der Waals surface area (Å²) in [6.07, 6.45) is 6.21. The van der Waals surface area contributed by atoms with Crippen LogP contribution in [-0.2, 0) is 4.79 Å². The maximum Gasteiger partial charge on any atom is 0.220 e. The number of rotatable bonds is 5. The first-order chi connectivity index (χ1) is 7.22. The minimum absolute atomic E-state index is 0.238. The van der Waals surface area contributed by atoms with Gasteiger partial charge in [0.25, 0.3) is 0 Å². The summed E-state index contributed by atoms with van der Waals surface area (Å²) in [6, 6.07) is 0.940. The Balaban J connectivity index is 2.13. The molecule has 1 aliphatic rings. The molecule has 0 aromatic carbocycles. The Hall–Kier alpha value is -0.570. The predicted octanol–water partition coefficient (Wildman–Crippen LogP) is 1.82. The smallest absolute Gasteiger partial charge is 0.220 e. The Labute approximate surface area is 93.0 Å². The fraction of sp³-hybridized carbons (Fsp3) is 0.917. The minimum atomic E-state index is 0.238.